The van der Waals surface area contributed by atoms with Crippen molar-refractivity contribution in [3.8, 4) is 0 Å². The summed E-state index contributed by atoms with van der Waals surface area (Å²) in [5.41, 5.74) is 0.289. The number of halogens is 3. The zero-order valence-electron chi connectivity index (χ0n) is 17.5. The van der Waals surface area contributed by atoms with Gasteiger partial charge in [-0.3, -0.25) is 9.78 Å². The number of hydrogen-bond acceptors (Lipinski definition) is 5. The largest absolute Gasteiger partial charge is 0.461 e. The first kappa shape index (κ1) is 23.2. The summed E-state index contributed by atoms with van der Waals surface area (Å²) in [4.78, 5) is 16.1. The van der Waals surface area contributed by atoms with Crippen LogP contribution in [0.25, 0.3) is 10.9 Å². The maximum absolute atomic E-state index is 13.3. The molecule has 0 amide bonds. The van der Waals surface area contributed by atoms with Gasteiger partial charge in [0.05, 0.1) is 21.9 Å². The van der Waals surface area contributed by atoms with Gasteiger partial charge < -0.3 is 4.74 Å². The van der Waals surface area contributed by atoms with Crippen LogP contribution in [0.3, 0.4) is 0 Å². The number of carbonyl (C=O) groups is 1. The van der Waals surface area contributed by atoms with E-state index in [0.29, 0.717) is 0 Å². The molecule has 174 valence electrons. The molecule has 0 saturated carbocycles. The van der Waals surface area contributed by atoms with Crippen LogP contribution in [0.2, 0.25) is 0 Å². The quantitative estimate of drug-likeness (QED) is 0.508. The highest BCUT2D eigenvalue weighted by Crippen LogP contribution is 2.36. The number of rotatable bonds is 5. The lowest BCUT2D eigenvalue weighted by Gasteiger charge is -2.30. The van der Waals surface area contributed by atoms with Gasteiger partial charge in [0.1, 0.15) is 6.61 Å². The summed E-state index contributed by atoms with van der Waals surface area (Å²) in [5.74, 6) is -0.993. The normalized spacial score (nSPS) is 16.1. The van der Waals surface area contributed by atoms with E-state index < -0.39 is 38.5 Å². The molecule has 6 nitrogen and oxygen atoms in total. The summed E-state index contributed by atoms with van der Waals surface area (Å²) in [6.45, 7) is -0.0983. The van der Waals surface area contributed by atoms with Crippen LogP contribution in [-0.2, 0) is 32.3 Å². The third kappa shape index (κ3) is 4.86. The van der Waals surface area contributed by atoms with E-state index in [2.05, 4.69) is 4.98 Å². The van der Waals surface area contributed by atoms with Crippen LogP contribution in [0.4, 0.5) is 13.2 Å². The molecule has 3 aromatic rings. The number of sulfonamides is 1. The number of esters is 1. The average Bonchev–Trinajstić information content (AvgIpc) is 2.82. The number of carbonyl (C=O) groups excluding carboxylic acids is 1. The van der Waals surface area contributed by atoms with E-state index >= 15 is 0 Å². The summed E-state index contributed by atoms with van der Waals surface area (Å²) in [5, 5.41) is 0.920. The number of hydrogen-bond donors (Lipinski definition) is 0. The Morgan fingerprint density at radius 2 is 1.73 bits per heavy atom. The van der Waals surface area contributed by atoms with E-state index in [9.17, 15) is 26.4 Å². The van der Waals surface area contributed by atoms with Gasteiger partial charge in [0.25, 0.3) is 0 Å². The first-order valence-electron chi connectivity index (χ1n) is 10.3. The van der Waals surface area contributed by atoms with Gasteiger partial charge in [0.15, 0.2) is 0 Å². The molecule has 0 spiro atoms. The summed E-state index contributed by atoms with van der Waals surface area (Å²) in [7, 11) is -4.35. The second-order valence-electron chi connectivity index (χ2n) is 7.77. The topological polar surface area (TPSA) is 76.6 Å². The Morgan fingerprint density at radius 3 is 2.45 bits per heavy atom. The van der Waals surface area contributed by atoms with Gasteiger partial charge in [-0.15, -0.1) is 0 Å². The lowest BCUT2D eigenvalue weighted by atomic mass is 9.98. The molecule has 2 aromatic carbocycles. The predicted octanol–water partition coefficient (Wildman–Crippen LogP) is 4.40. The monoisotopic (exact) mass is 478 g/mol. The van der Waals surface area contributed by atoms with E-state index in [1.807, 2.05) is 30.3 Å². The summed E-state index contributed by atoms with van der Waals surface area (Å²) in [6.07, 6.45) is -2.80. The van der Waals surface area contributed by atoms with Crippen LogP contribution < -0.4 is 0 Å². The van der Waals surface area contributed by atoms with E-state index in [-0.39, 0.29) is 32.5 Å². The van der Waals surface area contributed by atoms with E-state index in [4.69, 9.17) is 4.74 Å². The number of aromatic nitrogens is 1. The van der Waals surface area contributed by atoms with E-state index in [1.54, 1.807) is 6.20 Å². The van der Waals surface area contributed by atoms with Crippen molar-refractivity contribution in [2.75, 3.05) is 13.1 Å². The van der Waals surface area contributed by atoms with Gasteiger partial charge in [-0.05, 0) is 31.0 Å². The zero-order chi connectivity index (χ0) is 23.6. The Balaban J connectivity index is 1.40. The molecular weight excluding hydrogens is 457 g/mol. The Morgan fingerprint density at radius 1 is 1.03 bits per heavy atom. The third-order valence-corrected chi connectivity index (χ3v) is 7.64. The molecule has 1 fully saturated rings. The summed E-state index contributed by atoms with van der Waals surface area (Å²) < 4.78 is 72.0. The fraction of sp³-hybridized carbons (Fsp3) is 0.304. The maximum Gasteiger partial charge on any atom is 0.417 e. The number of fused-ring (bicyclic) bond motifs is 1. The molecule has 0 radical (unpaired) electrons. The van der Waals surface area contributed by atoms with Crippen LogP contribution in [0.15, 0.2) is 65.7 Å². The Kier molecular flexibility index (Phi) is 6.40. The number of piperidine rings is 1. The van der Waals surface area contributed by atoms with E-state index in [0.717, 1.165) is 39.0 Å². The number of ether oxygens (including phenoxy) is 1. The van der Waals surface area contributed by atoms with Crippen LogP contribution in [0, 0.1) is 5.92 Å². The summed E-state index contributed by atoms with van der Waals surface area (Å²) >= 11 is 0. The lowest BCUT2D eigenvalue weighted by Crippen LogP contribution is -2.41. The van der Waals surface area contributed by atoms with Crippen molar-refractivity contribution in [3.05, 3.63) is 71.9 Å². The minimum Gasteiger partial charge on any atom is -0.461 e. The van der Waals surface area contributed by atoms with Gasteiger partial charge in [-0.1, -0.05) is 36.4 Å². The van der Waals surface area contributed by atoms with Crippen molar-refractivity contribution < 1.29 is 31.1 Å². The Bertz CT molecular complexity index is 1260. The molecule has 0 aliphatic carbocycles. The minimum absolute atomic E-state index is 0.0324. The van der Waals surface area contributed by atoms with Crippen molar-refractivity contribution in [1.82, 2.24) is 9.29 Å². The zero-order valence-corrected chi connectivity index (χ0v) is 18.3. The highest BCUT2D eigenvalue weighted by Gasteiger charge is 2.40. The van der Waals surface area contributed by atoms with Crippen LogP contribution >= 0.6 is 0 Å². The molecule has 0 bridgehead atoms. The van der Waals surface area contributed by atoms with E-state index in [1.165, 1.54) is 6.07 Å². The number of alkyl halides is 3. The number of nitrogens with zero attached hydrogens (tertiary/aromatic N) is 2. The highest BCUT2D eigenvalue weighted by molar-refractivity contribution is 7.89. The van der Waals surface area contributed by atoms with Crippen molar-refractivity contribution in [2.24, 2.45) is 5.92 Å². The molecule has 1 saturated heterocycles. The molecule has 10 heteroatoms. The Hall–Kier alpha value is -2.98. The second kappa shape index (κ2) is 9.11. The first-order valence-corrected chi connectivity index (χ1v) is 11.8. The molecule has 2 heterocycles. The van der Waals surface area contributed by atoms with Crippen molar-refractivity contribution >= 4 is 26.9 Å². The molecule has 1 aliphatic heterocycles. The van der Waals surface area contributed by atoms with Crippen molar-refractivity contribution in [3.63, 3.8) is 0 Å². The van der Waals surface area contributed by atoms with Gasteiger partial charge in [-0.2, -0.15) is 17.5 Å². The third-order valence-electron chi connectivity index (χ3n) is 5.68. The van der Waals surface area contributed by atoms with Gasteiger partial charge in [-0.25, -0.2) is 8.42 Å². The average molecular weight is 478 g/mol. The molecule has 0 atom stereocenters. The molecule has 4 rings (SSSR count). The predicted molar refractivity (Wildman–Crippen MR) is 114 cm³/mol. The van der Waals surface area contributed by atoms with Crippen LogP contribution in [-0.4, -0.2) is 36.8 Å². The molecule has 0 N–H and O–H groups in total. The standard InChI is InChI=1S/C23H21F3N2O4S/c24-23(25,26)19-8-1-2-9-20(19)33(30,31)28-13-10-17(11-14-28)22(29)32-15-18-6-3-5-16-7-4-12-27-21(16)18/h1-9,12,17H,10-11,13-15H2. The van der Waals surface area contributed by atoms with Gasteiger partial charge >= 0.3 is 12.1 Å². The second-order valence-corrected chi connectivity index (χ2v) is 9.68. The smallest absolute Gasteiger partial charge is 0.417 e. The SMILES string of the molecule is O=C(OCc1cccc2cccnc12)C1CCN(S(=O)(=O)c2ccccc2C(F)(F)F)CC1. The molecule has 1 aliphatic rings. The first-order chi connectivity index (χ1) is 15.7. The molecule has 33 heavy (non-hydrogen) atoms. The van der Waals surface area contributed by atoms with Gasteiger partial charge in [0, 0.05) is 30.2 Å². The van der Waals surface area contributed by atoms with Crippen LogP contribution in [0.1, 0.15) is 24.0 Å². The fourth-order valence-corrected chi connectivity index (χ4v) is 5.63. The van der Waals surface area contributed by atoms with Gasteiger partial charge in [0.2, 0.25) is 10.0 Å². The number of benzene rings is 2. The molecule has 0 unspecified atom stereocenters. The summed E-state index contributed by atoms with van der Waals surface area (Å²) in [6, 6.07) is 13.4. The molecule has 1 aromatic heterocycles. The fourth-order valence-electron chi connectivity index (χ4n) is 3.95. The van der Waals surface area contributed by atoms with Crippen molar-refractivity contribution in [1.29, 1.82) is 0 Å². The maximum atomic E-state index is 13.3. The lowest BCUT2D eigenvalue weighted by molar-refractivity contribution is -0.151. The Labute approximate surface area is 189 Å². The highest BCUT2D eigenvalue weighted by atomic mass is 32.2. The minimum atomic E-state index is -4.79. The molecular formula is C23H21F3N2O4S. The van der Waals surface area contributed by atoms with Crippen molar-refractivity contribution in [2.45, 2.75) is 30.5 Å². The van der Waals surface area contributed by atoms with Crippen LogP contribution in [0.5, 0.6) is 0 Å². The number of para-hydroxylation sites is 1. The number of pyridine rings is 1.